The molecule has 0 atom stereocenters. The van der Waals surface area contributed by atoms with Crippen LogP contribution in [0.4, 0.5) is 0 Å². The summed E-state index contributed by atoms with van der Waals surface area (Å²) >= 11 is 1.47. The molecule has 2 aliphatic rings. The van der Waals surface area contributed by atoms with Crippen LogP contribution in [-0.4, -0.2) is 59.2 Å². The van der Waals surface area contributed by atoms with E-state index >= 15 is 0 Å². The molecule has 0 spiro atoms. The van der Waals surface area contributed by atoms with E-state index < -0.39 is 0 Å². The average molecular weight is 305 g/mol. The molecule has 2 aliphatic heterocycles. The maximum Gasteiger partial charge on any atom is 0.242 e. The Kier molecular flexibility index (Phi) is 4.24. The van der Waals surface area contributed by atoms with Crippen LogP contribution >= 0.6 is 11.3 Å². The van der Waals surface area contributed by atoms with Gasteiger partial charge in [-0.2, -0.15) is 0 Å². The fourth-order valence-corrected chi connectivity index (χ4v) is 3.32. The molecule has 0 aliphatic carbocycles. The minimum atomic E-state index is 0.127. The molecule has 0 saturated carbocycles. The summed E-state index contributed by atoms with van der Waals surface area (Å²) in [5.74, 6) is 0.311. The van der Waals surface area contributed by atoms with Crippen molar-refractivity contribution < 1.29 is 9.59 Å². The highest BCUT2D eigenvalue weighted by atomic mass is 32.1. The quantitative estimate of drug-likeness (QED) is 0.775. The number of hydrogen-bond donors (Lipinski definition) is 0. The van der Waals surface area contributed by atoms with Crippen molar-refractivity contribution in [2.75, 3.05) is 32.8 Å². The fraction of sp³-hybridized carbons (Fsp3) is 0.467. The summed E-state index contributed by atoms with van der Waals surface area (Å²) < 4.78 is 0. The predicted octanol–water partition coefficient (Wildman–Crippen LogP) is 1.60. The number of nitrogens with zero attached hydrogens (tertiary/aromatic N) is 3. The van der Waals surface area contributed by atoms with E-state index in [1.807, 2.05) is 44.6 Å². The SMILES string of the molecule is O=C(CN1C=CN(CC(=O)N2CCCC2)C1)c1cccs1. The number of ketones is 1. The van der Waals surface area contributed by atoms with Crippen LogP contribution in [0.1, 0.15) is 22.5 Å². The van der Waals surface area contributed by atoms with E-state index in [0.717, 1.165) is 30.8 Å². The maximum absolute atomic E-state index is 12.1. The van der Waals surface area contributed by atoms with Crippen LogP contribution in [0.15, 0.2) is 29.9 Å². The first-order valence-electron chi connectivity index (χ1n) is 7.23. The smallest absolute Gasteiger partial charge is 0.242 e. The lowest BCUT2D eigenvalue weighted by Gasteiger charge is -2.23. The summed E-state index contributed by atoms with van der Waals surface area (Å²) in [6.45, 7) is 3.15. The number of Topliss-reactive ketones (excluding diaryl/α,β-unsaturated/α-hetero) is 1. The molecule has 1 amide bonds. The largest absolute Gasteiger partial charge is 0.351 e. The molecule has 0 N–H and O–H groups in total. The number of carbonyl (C=O) groups is 2. The molecule has 112 valence electrons. The van der Waals surface area contributed by atoms with Crippen molar-refractivity contribution in [3.8, 4) is 0 Å². The van der Waals surface area contributed by atoms with Crippen molar-refractivity contribution in [2.45, 2.75) is 12.8 Å². The van der Waals surface area contributed by atoms with Gasteiger partial charge in [-0.1, -0.05) is 6.07 Å². The van der Waals surface area contributed by atoms with Gasteiger partial charge in [-0.05, 0) is 24.3 Å². The molecule has 1 fully saturated rings. The molecule has 0 radical (unpaired) electrons. The second kappa shape index (κ2) is 6.30. The summed E-state index contributed by atoms with van der Waals surface area (Å²) in [6.07, 6.45) is 6.02. The molecule has 0 bridgehead atoms. The molecule has 3 heterocycles. The summed E-state index contributed by atoms with van der Waals surface area (Å²) in [4.78, 5) is 30.7. The van der Waals surface area contributed by atoms with Crippen molar-refractivity contribution in [3.63, 3.8) is 0 Å². The van der Waals surface area contributed by atoms with Crippen LogP contribution in [0, 0.1) is 0 Å². The third-order valence-electron chi connectivity index (χ3n) is 3.79. The fourth-order valence-electron chi connectivity index (χ4n) is 2.66. The minimum Gasteiger partial charge on any atom is -0.351 e. The first-order chi connectivity index (χ1) is 10.2. The molecular weight excluding hydrogens is 286 g/mol. The normalized spacial score (nSPS) is 17.8. The second-order valence-corrected chi connectivity index (χ2v) is 6.37. The van der Waals surface area contributed by atoms with Crippen LogP contribution in [0.2, 0.25) is 0 Å². The molecule has 0 aromatic carbocycles. The number of likely N-dealkylation sites (tertiary alicyclic amines) is 1. The Bertz CT molecular complexity index is 535. The Morgan fingerprint density at radius 2 is 1.81 bits per heavy atom. The Balaban J connectivity index is 1.46. The zero-order valence-electron chi connectivity index (χ0n) is 11.9. The van der Waals surface area contributed by atoms with Crippen LogP contribution < -0.4 is 0 Å². The first kappa shape index (κ1) is 14.1. The number of thiophene rings is 1. The summed E-state index contributed by atoms with van der Waals surface area (Å²) in [5, 5.41) is 1.91. The lowest BCUT2D eigenvalue weighted by atomic mass is 10.3. The maximum atomic E-state index is 12.1. The molecule has 5 nitrogen and oxygen atoms in total. The summed E-state index contributed by atoms with van der Waals surface area (Å²) in [5.41, 5.74) is 0. The Morgan fingerprint density at radius 3 is 2.48 bits per heavy atom. The van der Waals surface area contributed by atoms with Crippen LogP contribution in [-0.2, 0) is 4.79 Å². The van der Waals surface area contributed by atoms with Crippen LogP contribution in [0.25, 0.3) is 0 Å². The topological polar surface area (TPSA) is 43.9 Å². The van der Waals surface area contributed by atoms with Gasteiger partial charge in [0.15, 0.2) is 5.78 Å². The average Bonchev–Trinajstić information content (AvgIpc) is 3.22. The molecule has 6 heteroatoms. The number of amides is 1. The third kappa shape index (κ3) is 3.44. The molecule has 1 aromatic heterocycles. The van der Waals surface area contributed by atoms with E-state index in [0.29, 0.717) is 19.8 Å². The van der Waals surface area contributed by atoms with Gasteiger partial charge in [0, 0.05) is 25.5 Å². The third-order valence-corrected chi connectivity index (χ3v) is 4.70. The molecule has 3 rings (SSSR count). The van der Waals surface area contributed by atoms with Crippen molar-refractivity contribution >= 4 is 23.0 Å². The monoisotopic (exact) mass is 305 g/mol. The van der Waals surface area contributed by atoms with Gasteiger partial charge >= 0.3 is 0 Å². The highest BCUT2D eigenvalue weighted by Crippen LogP contribution is 2.14. The second-order valence-electron chi connectivity index (χ2n) is 5.42. The predicted molar refractivity (Wildman–Crippen MR) is 81.9 cm³/mol. The van der Waals surface area contributed by atoms with Gasteiger partial charge in [-0.3, -0.25) is 9.59 Å². The Morgan fingerprint density at radius 1 is 1.10 bits per heavy atom. The van der Waals surface area contributed by atoms with E-state index in [9.17, 15) is 9.59 Å². The standard InChI is InChI=1S/C15H19N3O2S/c19-13(14-4-3-9-21-14)10-16-7-8-17(12-16)11-15(20)18-5-1-2-6-18/h3-4,7-9H,1-2,5-6,10-12H2. The highest BCUT2D eigenvalue weighted by molar-refractivity contribution is 7.12. The zero-order chi connectivity index (χ0) is 14.7. The summed E-state index contributed by atoms with van der Waals surface area (Å²) in [6, 6.07) is 3.74. The van der Waals surface area contributed by atoms with Crippen molar-refractivity contribution in [1.29, 1.82) is 0 Å². The van der Waals surface area contributed by atoms with Gasteiger partial charge in [0.25, 0.3) is 0 Å². The molecule has 1 aromatic rings. The van der Waals surface area contributed by atoms with Crippen molar-refractivity contribution in [2.24, 2.45) is 0 Å². The minimum absolute atomic E-state index is 0.127. The molecule has 1 saturated heterocycles. The molecule has 21 heavy (non-hydrogen) atoms. The van der Waals surface area contributed by atoms with Crippen LogP contribution in [0.3, 0.4) is 0 Å². The van der Waals surface area contributed by atoms with E-state index in [1.165, 1.54) is 11.3 Å². The lowest BCUT2D eigenvalue weighted by molar-refractivity contribution is -0.130. The van der Waals surface area contributed by atoms with Crippen LogP contribution in [0.5, 0.6) is 0 Å². The number of rotatable bonds is 5. The molecule has 0 unspecified atom stereocenters. The highest BCUT2D eigenvalue weighted by Gasteiger charge is 2.22. The summed E-state index contributed by atoms with van der Waals surface area (Å²) in [7, 11) is 0. The van der Waals surface area contributed by atoms with E-state index in [1.54, 1.807) is 0 Å². The van der Waals surface area contributed by atoms with Crippen molar-refractivity contribution in [1.82, 2.24) is 14.7 Å². The zero-order valence-corrected chi connectivity index (χ0v) is 12.7. The lowest BCUT2D eigenvalue weighted by Crippen LogP contribution is -2.38. The Hall–Kier alpha value is -1.82. The van der Waals surface area contributed by atoms with Gasteiger partial charge in [-0.15, -0.1) is 11.3 Å². The molecular formula is C15H19N3O2S. The Labute approximate surface area is 128 Å². The van der Waals surface area contributed by atoms with E-state index in [2.05, 4.69) is 0 Å². The number of hydrogen-bond acceptors (Lipinski definition) is 5. The first-order valence-corrected chi connectivity index (χ1v) is 8.11. The van der Waals surface area contributed by atoms with Crippen molar-refractivity contribution in [3.05, 3.63) is 34.8 Å². The number of carbonyl (C=O) groups excluding carboxylic acids is 2. The van der Waals surface area contributed by atoms with Gasteiger partial charge in [-0.25, -0.2) is 0 Å². The van der Waals surface area contributed by atoms with Gasteiger partial charge in [0.05, 0.1) is 24.6 Å². The van der Waals surface area contributed by atoms with Gasteiger partial charge in [0.2, 0.25) is 5.91 Å². The van der Waals surface area contributed by atoms with Gasteiger partial charge in [0.1, 0.15) is 0 Å². The van der Waals surface area contributed by atoms with E-state index in [-0.39, 0.29) is 11.7 Å². The van der Waals surface area contributed by atoms with Gasteiger partial charge < -0.3 is 14.7 Å². The van der Waals surface area contributed by atoms with E-state index in [4.69, 9.17) is 0 Å².